The third kappa shape index (κ3) is 2.12. The first-order chi connectivity index (χ1) is 6.38. The number of aryl methyl sites for hydroxylation is 1. The van der Waals surface area contributed by atoms with Crippen LogP contribution in [0.2, 0.25) is 0 Å². The van der Waals surface area contributed by atoms with Crippen molar-refractivity contribution >= 4 is 0 Å². The van der Waals surface area contributed by atoms with Crippen LogP contribution in [0.15, 0.2) is 24.3 Å². The van der Waals surface area contributed by atoms with Crippen molar-refractivity contribution in [1.82, 2.24) is 0 Å². The van der Waals surface area contributed by atoms with E-state index in [0.29, 0.717) is 0 Å². The molecule has 1 fully saturated rings. The van der Waals surface area contributed by atoms with Crippen LogP contribution in [0.3, 0.4) is 0 Å². The maximum atomic E-state index is 2.30. The van der Waals surface area contributed by atoms with Crippen LogP contribution in [0.1, 0.15) is 37.3 Å². The fourth-order valence-corrected chi connectivity index (χ4v) is 1.94. The number of rotatable bonds is 3. The van der Waals surface area contributed by atoms with Crippen LogP contribution in [-0.2, 0) is 12.8 Å². The van der Waals surface area contributed by atoms with Gasteiger partial charge in [-0.1, -0.05) is 50.5 Å². The van der Waals surface area contributed by atoms with E-state index in [1.54, 1.807) is 0 Å². The number of hydrogen-bond donors (Lipinski definition) is 0. The Kier molecular flexibility index (Phi) is 2.68. The Hall–Kier alpha value is -0.780. The average molecular weight is 174 g/mol. The molecule has 0 bridgehead atoms. The molecule has 0 saturated heterocycles. The Balaban J connectivity index is 1.96. The zero-order chi connectivity index (χ0) is 9.10. The van der Waals surface area contributed by atoms with Crippen LogP contribution in [0, 0.1) is 5.92 Å². The lowest BCUT2D eigenvalue weighted by molar-refractivity contribution is 0.314. The molecule has 0 spiro atoms. The summed E-state index contributed by atoms with van der Waals surface area (Å²) in [5.74, 6) is 0.993. The Bertz CT molecular complexity index is 254. The first-order valence-corrected chi connectivity index (χ1v) is 5.46. The van der Waals surface area contributed by atoms with E-state index in [-0.39, 0.29) is 0 Å². The maximum Gasteiger partial charge on any atom is -0.0250 e. The summed E-state index contributed by atoms with van der Waals surface area (Å²) in [7, 11) is 0. The first-order valence-electron chi connectivity index (χ1n) is 5.46. The zero-order valence-corrected chi connectivity index (χ0v) is 8.42. The lowest BCUT2D eigenvalue weighted by Gasteiger charge is -2.25. The average Bonchev–Trinajstić information content (AvgIpc) is 2.12. The molecule has 1 aliphatic rings. The van der Waals surface area contributed by atoms with Crippen molar-refractivity contribution in [3.63, 3.8) is 0 Å². The Labute approximate surface area is 81.0 Å². The summed E-state index contributed by atoms with van der Waals surface area (Å²) in [5, 5.41) is 0. The minimum atomic E-state index is 0.993. The third-order valence-electron chi connectivity index (χ3n) is 3.18. The van der Waals surface area contributed by atoms with Crippen molar-refractivity contribution < 1.29 is 0 Å². The highest BCUT2D eigenvalue weighted by Gasteiger charge is 2.17. The molecule has 1 aliphatic carbocycles. The van der Waals surface area contributed by atoms with Gasteiger partial charge in [0.1, 0.15) is 0 Å². The van der Waals surface area contributed by atoms with Gasteiger partial charge in [-0.3, -0.25) is 0 Å². The smallest absolute Gasteiger partial charge is 0.0250 e. The molecule has 0 amide bonds. The van der Waals surface area contributed by atoms with Gasteiger partial charge in [0.05, 0.1) is 0 Å². The van der Waals surface area contributed by atoms with E-state index in [1.165, 1.54) is 36.8 Å². The molecule has 70 valence electrons. The molecule has 0 unspecified atom stereocenters. The van der Waals surface area contributed by atoms with Crippen molar-refractivity contribution in [2.75, 3.05) is 0 Å². The van der Waals surface area contributed by atoms with Gasteiger partial charge in [-0.25, -0.2) is 0 Å². The molecule has 1 aromatic rings. The fraction of sp³-hybridized carbons (Fsp3) is 0.538. The summed E-state index contributed by atoms with van der Waals surface area (Å²) in [6, 6.07) is 9.15. The van der Waals surface area contributed by atoms with Gasteiger partial charge in [-0.15, -0.1) is 0 Å². The van der Waals surface area contributed by atoms with Crippen molar-refractivity contribution in [2.45, 2.75) is 39.0 Å². The third-order valence-corrected chi connectivity index (χ3v) is 3.18. The molecule has 0 radical (unpaired) electrons. The normalized spacial score (nSPS) is 17.0. The zero-order valence-electron chi connectivity index (χ0n) is 8.42. The van der Waals surface area contributed by atoms with Gasteiger partial charge >= 0.3 is 0 Å². The second-order valence-electron chi connectivity index (χ2n) is 4.17. The van der Waals surface area contributed by atoms with E-state index >= 15 is 0 Å². The minimum Gasteiger partial charge on any atom is -0.0613 e. The summed E-state index contributed by atoms with van der Waals surface area (Å²) >= 11 is 0. The van der Waals surface area contributed by atoms with E-state index in [2.05, 4.69) is 31.2 Å². The quantitative estimate of drug-likeness (QED) is 0.657. The lowest BCUT2D eigenvalue weighted by atomic mass is 9.81. The molecular formula is C13H18. The van der Waals surface area contributed by atoms with Gasteiger partial charge in [-0.05, 0) is 29.9 Å². The van der Waals surface area contributed by atoms with Crippen LogP contribution in [0.4, 0.5) is 0 Å². The Morgan fingerprint density at radius 1 is 1.08 bits per heavy atom. The molecule has 13 heavy (non-hydrogen) atoms. The summed E-state index contributed by atoms with van der Waals surface area (Å²) in [6.07, 6.45) is 6.83. The SMILES string of the molecule is CCc1ccc(CC2CCC2)cc1. The monoisotopic (exact) mass is 174 g/mol. The Morgan fingerprint density at radius 3 is 2.15 bits per heavy atom. The highest BCUT2D eigenvalue weighted by Crippen LogP contribution is 2.29. The predicted molar refractivity (Wildman–Crippen MR) is 56.9 cm³/mol. The van der Waals surface area contributed by atoms with Gasteiger partial charge in [0.2, 0.25) is 0 Å². The summed E-state index contributed by atoms with van der Waals surface area (Å²) in [6.45, 7) is 2.21. The van der Waals surface area contributed by atoms with E-state index in [9.17, 15) is 0 Å². The number of benzene rings is 1. The highest BCUT2D eigenvalue weighted by atomic mass is 14.2. The molecule has 0 atom stereocenters. The van der Waals surface area contributed by atoms with Gasteiger partial charge in [0.15, 0.2) is 0 Å². The molecule has 2 rings (SSSR count). The topological polar surface area (TPSA) is 0 Å². The summed E-state index contributed by atoms with van der Waals surface area (Å²) in [4.78, 5) is 0. The van der Waals surface area contributed by atoms with E-state index in [4.69, 9.17) is 0 Å². The molecular weight excluding hydrogens is 156 g/mol. The van der Waals surface area contributed by atoms with Crippen molar-refractivity contribution in [3.05, 3.63) is 35.4 Å². The van der Waals surface area contributed by atoms with Crippen LogP contribution < -0.4 is 0 Å². The molecule has 0 N–H and O–H groups in total. The number of hydrogen-bond acceptors (Lipinski definition) is 0. The fourth-order valence-electron chi connectivity index (χ4n) is 1.94. The predicted octanol–water partition coefficient (Wildman–Crippen LogP) is 3.59. The second kappa shape index (κ2) is 3.95. The summed E-state index contributed by atoms with van der Waals surface area (Å²) in [5.41, 5.74) is 2.99. The Morgan fingerprint density at radius 2 is 1.69 bits per heavy atom. The summed E-state index contributed by atoms with van der Waals surface area (Å²) < 4.78 is 0. The van der Waals surface area contributed by atoms with Gasteiger partial charge in [0, 0.05) is 0 Å². The lowest BCUT2D eigenvalue weighted by Crippen LogP contribution is -2.13. The molecule has 0 heterocycles. The van der Waals surface area contributed by atoms with Crippen LogP contribution >= 0.6 is 0 Å². The van der Waals surface area contributed by atoms with Gasteiger partial charge < -0.3 is 0 Å². The molecule has 0 heteroatoms. The standard InChI is InChI=1S/C13H18/c1-2-11-6-8-13(9-7-11)10-12-4-3-5-12/h6-9,12H,2-5,10H2,1H3. The minimum absolute atomic E-state index is 0.993. The second-order valence-corrected chi connectivity index (χ2v) is 4.17. The van der Waals surface area contributed by atoms with Crippen molar-refractivity contribution in [1.29, 1.82) is 0 Å². The molecule has 1 aromatic carbocycles. The molecule has 1 saturated carbocycles. The molecule has 0 nitrogen and oxygen atoms in total. The van der Waals surface area contributed by atoms with E-state index in [1.807, 2.05) is 0 Å². The first kappa shape index (κ1) is 8.80. The van der Waals surface area contributed by atoms with Crippen molar-refractivity contribution in [2.24, 2.45) is 5.92 Å². The molecule has 0 aliphatic heterocycles. The highest BCUT2D eigenvalue weighted by molar-refractivity contribution is 5.22. The maximum absolute atomic E-state index is 2.30. The van der Waals surface area contributed by atoms with E-state index < -0.39 is 0 Å². The van der Waals surface area contributed by atoms with Crippen molar-refractivity contribution in [3.8, 4) is 0 Å². The largest absolute Gasteiger partial charge is 0.0613 e. The van der Waals surface area contributed by atoms with Gasteiger partial charge in [0.25, 0.3) is 0 Å². The van der Waals surface area contributed by atoms with Crippen LogP contribution in [-0.4, -0.2) is 0 Å². The van der Waals surface area contributed by atoms with E-state index in [0.717, 1.165) is 12.3 Å². The van der Waals surface area contributed by atoms with Crippen LogP contribution in [0.25, 0.3) is 0 Å². The van der Waals surface area contributed by atoms with Gasteiger partial charge in [-0.2, -0.15) is 0 Å². The molecule has 0 aromatic heterocycles. The van der Waals surface area contributed by atoms with Crippen LogP contribution in [0.5, 0.6) is 0 Å².